The van der Waals surface area contributed by atoms with Gasteiger partial charge in [-0.15, -0.1) is 0 Å². The minimum Gasteiger partial charge on any atom is -0.495 e. The van der Waals surface area contributed by atoms with E-state index in [0.29, 0.717) is 0 Å². The average Bonchev–Trinajstić information content (AvgIpc) is 2.24. The zero-order valence-corrected chi connectivity index (χ0v) is 12.2. The molecule has 0 saturated carbocycles. The van der Waals surface area contributed by atoms with Crippen molar-refractivity contribution in [1.82, 2.24) is 5.32 Å². The van der Waals surface area contributed by atoms with Gasteiger partial charge in [0, 0.05) is 11.1 Å². The number of primary sulfonamides is 1. The van der Waals surface area contributed by atoms with Crippen molar-refractivity contribution in [2.75, 3.05) is 7.11 Å². The first-order valence-electron chi connectivity index (χ1n) is 5.58. The topological polar surface area (TPSA) is 98.5 Å². The van der Waals surface area contributed by atoms with Gasteiger partial charge in [0.2, 0.25) is 10.0 Å². The number of carbonyl (C=O) groups excluding carboxylic acids is 1. The summed E-state index contributed by atoms with van der Waals surface area (Å²) in [7, 11) is -2.62. The third kappa shape index (κ3) is 4.22. The summed E-state index contributed by atoms with van der Waals surface area (Å²) >= 11 is 0. The summed E-state index contributed by atoms with van der Waals surface area (Å²) in [5.41, 5.74) is -0.210. The number of amides is 1. The molecule has 0 aliphatic heterocycles. The van der Waals surface area contributed by atoms with E-state index in [2.05, 4.69) is 5.32 Å². The SMILES string of the molecule is COc1ccc(C(=O)NC(C)(C)C)cc1S(N)(=O)=O. The summed E-state index contributed by atoms with van der Waals surface area (Å²) in [5.74, 6) is -0.269. The van der Waals surface area contributed by atoms with Gasteiger partial charge in [-0.2, -0.15) is 0 Å². The van der Waals surface area contributed by atoms with Gasteiger partial charge in [0.15, 0.2) is 0 Å². The molecule has 0 bridgehead atoms. The summed E-state index contributed by atoms with van der Waals surface area (Å²) in [6.07, 6.45) is 0. The fraction of sp³-hybridized carbons (Fsp3) is 0.417. The van der Waals surface area contributed by atoms with E-state index in [1.165, 1.54) is 25.3 Å². The molecule has 0 atom stereocenters. The Morgan fingerprint density at radius 1 is 1.32 bits per heavy atom. The maximum Gasteiger partial charge on any atom is 0.251 e. The van der Waals surface area contributed by atoms with E-state index in [9.17, 15) is 13.2 Å². The summed E-state index contributed by atoms with van der Waals surface area (Å²) in [6.45, 7) is 5.49. The van der Waals surface area contributed by atoms with Crippen molar-refractivity contribution in [3.63, 3.8) is 0 Å². The predicted octanol–water partition coefficient (Wildman–Crippen LogP) is 0.871. The maximum absolute atomic E-state index is 12.0. The Morgan fingerprint density at radius 3 is 2.32 bits per heavy atom. The second-order valence-electron chi connectivity index (χ2n) is 5.11. The average molecular weight is 286 g/mol. The van der Waals surface area contributed by atoms with Gasteiger partial charge in [0.05, 0.1) is 7.11 Å². The summed E-state index contributed by atoms with van der Waals surface area (Å²) in [6, 6.07) is 4.08. The molecule has 106 valence electrons. The lowest BCUT2D eigenvalue weighted by molar-refractivity contribution is 0.0919. The van der Waals surface area contributed by atoms with E-state index in [4.69, 9.17) is 9.88 Å². The fourth-order valence-electron chi connectivity index (χ4n) is 1.45. The van der Waals surface area contributed by atoms with Crippen molar-refractivity contribution in [3.05, 3.63) is 23.8 Å². The highest BCUT2D eigenvalue weighted by Crippen LogP contribution is 2.23. The highest BCUT2D eigenvalue weighted by molar-refractivity contribution is 7.89. The smallest absolute Gasteiger partial charge is 0.251 e. The lowest BCUT2D eigenvalue weighted by atomic mass is 10.1. The number of benzene rings is 1. The highest BCUT2D eigenvalue weighted by Gasteiger charge is 2.20. The quantitative estimate of drug-likeness (QED) is 0.861. The minimum absolute atomic E-state index is 0.106. The monoisotopic (exact) mass is 286 g/mol. The number of hydrogen-bond acceptors (Lipinski definition) is 4. The Kier molecular flexibility index (Phi) is 4.21. The maximum atomic E-state index is 12.0. The van der Waals surface area contributed by atoms with E-state index in [1.54, 1.807) is 0 Å². The standard InChI is InChI=1S/C12H18N2O4S/c1-12(2,3)14-11(15)8-5-6-9(18-4)10(7-8)19(13,16)17/h5-7H,1-4H3,(H,14,15)(H2,13,16,17). The zero-order valence-electron chi connectivity index (χ0n) is 11.4. The molecule has 6 nitrogen and oxygen atoms in total. The minimum atomic E-state index is -3.95. The third-order valence-electron chi connectivity index (χ3n) is 2.22. The zero-order chi connectivity index (χ0) is 14.8. The van der Waals surface area contributed by atoms with Crippen LogP contribution in [0.15, 0.2) is 23.1 Å². The molecule has 0 aliphatic rings. The summed E-state index contributed by atoms with van der Waals surface area (Å²) < 4.78 is 27.8. The highest BCUT2D eigenvalue weighted by atomic mass is 32.2. The molecule has 1 amide bonds. The first-order chi connectivity index (χ1) is 8.54. The van der Waals surface area contributed by atoms with Crippen LogP contribution in [-0.4, -0.2) is 27.0 Å². The van der Waals surface area contributed by atoms with E-state index in [0.717, 1.165) is 0 Å². The molecule has 0 radical (unpaired) electrons. The number of rotatable bonds is 3. The van der Waals surface area contributed by atoms with Crippen molar-refractivity contribution in [2.45, 2.75) is 31.2 Å². The molecule has 1 aromatic carbocycles. The number of nitrogens with one attached hydrogen (secondary N) is 1. The molecule has 1 aromatic rings. The lowest BCUT2D eigenvalue weighted by Crippen LogP contribution is -2.40. The molecule has 0 unspecified atom stereocenters. The number of nitrogens with two attached hydrogens (primary N) is 1. The molecule has 3 N–H and O–H groups in total. The number of carbonyl (C=O) groups is 1. The van der Waals surface area contributed by atoms with Crippen LogP contribution >= 0.6 is 0 Å². The van der Waals surface area contributed by atoms with Gasteiger partial charge in [-0.1, -0.05) is 0 Å². The van der Waals surface area contributed by atoms with Crippen LogP contribution in [0.25, 0.3) is 0 Å². The Hall–Kier alpha value is -1.60. The molecule has 0 aliphatic carbocycles. The number of hydrogen-bond donors (Lipinski definition) is 2. The molecular formula is C12H18N2O4S. The number of sulfonamides is 1. The predicted molar refractivity (Wildman–Crippen MR) is 71.6 cm³/mol. The van der Waals surface area contributed by atoms with Gasteiger partial charge >= 0.3 is 0 Å². The first-order valence-corrected chi connectivity index (χ1v) is 7.12. The van der Waals surface area contributed by atoms with E-state index < -0.39 is 15.6 Å². The van der Waals surface area contributed by atoms with E-state index >= 15 is 0 Å². The van der Waals surface area contributed by atoms with Crippen LogP contribution in [0.2, 0.25) is 0 Å². The van der Waals surface area contributed by atoms with Crippen LogP contribution in [0, 0.1) is 0 Å². The third-order valence-corrected chi connectivity index (χ3v) is 3.15. The fourth-order valence-corrected chi connectivity index (χ4v) is 2.18. The molecule has 0 fully saturated rings. The number of ether oxygens (including phenoxy) is 1. The normalized spacial score (nSPS) is 12.1. The molecular weight excluding hydrogens is 268 g/mol. The van der Waals surface area contributed by atoms with Crippen LogP contribution in [-0.2, 0) is 10.0 Å². The Morgan fingerprint density at radius 2 is 1.89 bits per heavy atom. The second-order valence-corrected chi connectivity index (χ2v) is 6.64. The van der Waals surface area contributed by atoms with Crippen LogP contribution in [0.3, 0.4) is 0 Å². The van der Waals surface area contributed by atoms with Crippen LogP contribution in [0.4, 0.5) is 0 Å². The van der Waals surface area contributed by atoms with Crippen LogP contribution < -0.4 is 15.2 Å². The molecule has 0 aromatic heterocycles. The number of methoxy groups -OCH3 is 1. The Bertz CT molecular complexity index is 588. The van der Waals surface area contributed by atoms with Crippen molar-refractivity contribution >= 4 is 15.9 Å². The van der Waals surface area contributed by atoms with Crippen molar-refractivity contribution in [3.8, 4) is 5.75 Å². The second kappa shape index (κ2) is 5.18. The van der Waals surface area contributed by atoms with Crippen molar-refractivity contribution < 1.29 is 17.9 Å². The molecule has 1 rings (SSSR count). The van der Waals surface area contributed by atoms with Gasteiger partial charge in [-0.05, 0) is 39.0 Å². The van der Waals surface area contributed by atoms with Gasteiger partial charge in [-0.3, -0.25) is 4.79 Å². The molecule has 7 heteroatoms. The Labute approximate surface area is 113 Å². The summed E-state index contributed by atoms with van der Waals surface area (Å²) in [4.78, 5) is 11.7. The first kappa shape index (κ1) is 15.5. The summed E-state index contributed by atoms with van der Waals surface area (Å²) in [5, 5.41) is 7.83. The van der Waals surface area contributed by atoms with Crippen LogP contribution in [0.5, 0.6) is 5.75 Å². The van der Waals surface area contributed by atoms with Gasteiger partial charge in [0.1, 0.15) is 10.6 Å². The largest absolute Gasteiger partial charge is 0.495 e. The van der Waals surface area contributed by atoms with Gasteiger partial charge in [-0.25, -0.2) is 13.6 Å². The van der Waals surface area contributed by atoms with E-state index in [1.807, 2.05) is 20.8 Å². The van der Waals surface area contributed by atoms with Gasteiger partial charge < -0.3 is 10.1 Å². The van der Waals surface area contributed by atoms with Crippen LogP contribution in [0.1, 0.15) is 31.1 Å². The molecule has 0 spiro atoms. The Balaban J connectivity index is 3.23. The van der Waals surface area contributed by atoms with Gasteiger partial charge in [0.25, 0.3) is 5.91 Å². The molecule has 19 heavy (non-hydrogen) atoms. The van der Waals surface area contributed by atoms with Crippen molar-refractivity contribution in [1.29, 1.82) is 0 Å². The van der Waals surface area contributed by atoms with Crippen molar-refractivity contribution in [2.24, 2.45) is 5.14 Å². The molecule has 0 saturated heterocycles. The van der Waals surface area contributed by atoms with E-state index in [-0.39, 0.29) is 22.1 Å². The lowest BCUT2D eigenvalue weighted by Gasteiger charge is -2.20. The molecule has 0 heterocycles.